The van der Waals surface area contributed by atoms with Gasteiger partial charge in [0.15, 0.2) is 5.00 Å². The van der Waals surface area contributed by atoms with Gasteiger partial charge in [0.1, 0.15) is 4.21 Å². The van der Waals surface area contributed by atoms with E-state index in [1.807, 2.05) is 4.90 Å². The van der Waals surface area contributed by atoms with Crippen LogP contribution in [0.2, 0.25) is 0 Å². The van der Waals surface area contributed by atoms with Gasteiger partial charge >= 0.3 is 5.69 Å². The number of hydrazine groups is 1. The summed E-state index contributed by atoms with van der Waals surface area (Å²) in [5, 5.41) is 10.7. The Kier molecular flexibility index (Phi) is 5.20. The SMILES string of the molecule is CN(C)CCNS(=O)(=O)c1cc([N+](=O)[O-])c(NN)s1. The number of rotatable bonds is 7. The van der Waals surface area contributed by atoms with E-state index >= 15 is 0 Å². The lowest BCUT2D eigenvalue weighted by atomic mass is 10.5. The monoisotopic (exact) mass is 309 g/mol. The van der Waals surface area contributed by atoms with Crippen molar-refractivity contribution in [2.24, 2.45) is 5.84 Å². The van der Waals surface area contributed by atoms with Crippen molar-refractivity contribution >= 4 is 32.0 Å². The molecule has 0 aromatic carbocycles. The summed E-state index contributed by atoms with van der Waals surface area (Å²) in [6.07, 6.45) is 0. The number of hydrogen-bond donors (Lipinski definition) is 3. The lowest BCUT2D eigenvalue weighted by molar-refractivity contribution is -0.383. The molecule has 19 heavy (non-hydrogen) atoms. The van der Waals surface area contributed by atoms with Gasteiger partial charge in [-0.25, -0.2) is 19.0 Å². The lowest BCUT2D eigenvalue weighted by Crippen LogP contribution is -2.30. The fourth-order valence-corrected chi connectivity index (χ4v) is 3.51. The molecule has 9 nitrogen and oxygen atoms in total. The highest BCUT2D eigenvalue weighted by Crippen LogP contribution is 2.36. The molecule has 108 valence electrons. The number of sulfonamides is 1. The first-order chi connectivity index (χ1) is 8.77. The van der Waals surface area contributed by atoms with E-state index in [-0.39, 0.29) is 21.4 Å². The highest BCUT2D eigenvalue weighted by Gasteiger charge is 2.25. The average Bonchev–Trinajstić information content (AvgIpc) is 2.72. The van der Waals surface area contributed by atoms with Crippen LogP contribution in [0.4, 0.5) is 10.7 Å². The van der Waals surface area contributed by atoms with Crippen LogP contribution in [0.3, 0.4) is 0 Å². The molecule has 0 atom stereocenters. The van der Waals surface area contributed by atoms with E-state index < -0.39 is 14.9 Å². The van der Waals surface area contributed by atoms with Gasteiger partial charge in [0.2, 0.25) is 10.0 Å². The molecule has 1 aromatic heterocycles. The predicted molar refractivity (Wildman–Crippen MR) is 72.5 cm³/mol. The van der Waals surface area contributed by atoms with E-state index in [2.05, 4.69) is 10.1 Å². The van der Waals surface area contributed by atoms with Gasteiger partial charge in [-0.3, -0.25) is 10.1 Å². The third kappa shape index (κ3) is 4.11. The molecule has 0 aliphatic heterocycles. The second-order valence-corrected chi connectivity index (χ2v) is 6.93. The van der Waals surface area contributed by atoms with E-state index in [0.717, 1.165) is 6.07 Å². The van der Waals surface area contributed by atoms with E-state index in [9.17, 15) is 18.5 Å². The van der Waals surface area contributed by atoms with E-state index in [0.29, 0.717) is 17.9 Å². The van der Waals surface area contributed by atoms with Gasteiger partial charge in [-0.15, -0.1) is 0 Å². The Labute approximate surface area is 114 Å². The number of hydrogen-bond acceptors (Lipinski definition) is 8. The maximum atomic E-state index is 11.9. The first-order valence-electron chi connectivity index (χ1n) is 5.17. The number of nitro groups is 1. The molecule has 11 heteroatoms. The summed E-state index contributed by atoms with van der Waals surface area (Å²) in [6, 6.07) is 0.984. The van der Waals surface area contributed by atoms with Crippen molar-refractivity contribution in [2.75, 3.05) is 32.6 Å². The van der Waals surface area contributed by atoms with Crippen molar-refractivity contribution in [3.05, 3.63) is 16.2 Å². The Balaban J connectivity index is 2.92. The molecule has 0 fully saturated rings. The molecule has 1 heterocycles. The molecule has 0 amide bonds. The Morgan fingerprint density at radius 1 is 1.53 bits per heavy atom. The van der Waals surface area contributed by atoms with Crippen LogP contribution in [0.5, 0.6) is 0 Å². The van der Waals surface area contributed by atoms with Crippen molar-refractivity contribution in [1.29, 1.82) is 0 Å². The topological polar surface area (TPSA) is 131 Å². The van der Waals surface area contributed by atoms with Crippen LogP contribution in [0.25, 0.3) is 0 Å². The van der Waals surface area contributed by atoms with Gasteiger partial charge in [-0.1, -0.05) is 11.3 Å². The van der Waals surface area contributed by atoms with Crippen LogP contribution in [-0.2, 0) is 10.0 Å². The molecule has 0 aliphatic rings. The summed E-state index contributed by atoms with van der Waals surface area (Å²) in [4.78, 5) is 11.8. The average molecular weight is 309 g/mol. The standard InChI is InChI=1S/C8H15N5O4S2/c1-12(2)4-3-10-19(16,17)7-5-6(13(14)15)8(11-9)18-7/h5,10-11H,3-4,9H2,1-2H3. The van der Waals surface area contributed by atoms with E-state index in [1.54, 1.807) is 14.1 Å². The number of thiophene rings is 1. The van der Waals surface area contributed by atoms with Crippen LogP contribution in [0, 0.1) is 10.1 Å². The van der Waals surface area contributed by atoms with Crippen molar-refractivity contribution in [3.8, 4) is 0 Å². The third-order valence-corrected chi connectivity index (χ3v) is 5.12. The summed E-state index contributed by atoms with van der Waals surface area (Å²) in [7, 11) is -0.147. The molecule has 4 N–H and O–H groups in total. The summed E-state index contributed by atoms with van der Waals surface area (Å²) in [5.74, 6) is 5.12. The van der Waals surface area contributed by atoms with Crippen molar-refractivity contribution in [2.45, 2.75) is 4.21 Å². The second-order valence-electron chi connectivity index (χ2n) is 3.88. The van der Waals surface area contributed by atoms with Crippen molar-refractivity contribution < 1.29 is 13.3 Å². The zero-order valence-electron chi connectivity index (χ0n) is 10.4. The summed E-state index contributed by atoms with van der Waals surface area (Å²) >= 11 is 0.712. The first kappa shape index (κ1) is 15.8. The van der Waals surface area contributed by atoms with Gasteiger partial charge < -0.3 is 10.3 Å². The molecular weight excluding hydrogens is 294 g/mol. The molecule has 0 spiro atoms. The summed E-state index contributed by atoms with van der Waals surface area (Å²) in [5.41, 5.74) is 1.76. The highest BCUT2D eigenvalue weighted by atomic mass is 32.2. The maximum absolute atomic E-state index is 11.9. The largest absolute Gasteiger partial charge is 0.310 e. The Bertz CT molecular complexity index is 553. The summed E-state index contributed by atoms with van der Waals surface area (Å²) in [6.45, 7) is 0.737. The molecule has 0 saturated carbocycles. The normalized spacial score (nSPS) is 11.8. The Morgan fingerprint density at radius 3 is 2.58 bits per heavy atom. The lowest BCUT2D eigenvalue weighted by Gasteiger charge is -2.09. The molecule has 0 aliphatic carbocycles. The van der Waals surface area contributed by atoms with Gasteiger partial charge in [0, 0.05) is 19.2 Å². The number of likely N-dealkylation sites (N-methyl/N-ethyl adjacent to an activating group) is 1. The first-order valence-corrected chi connectivity index (χ1v) is 7.47. The van der Waals surface area contributed by atoms with E-state index in [1.165, 1.54) is 0 Å². The molecule has 0 unspecified atom stereocenters. The number of nitrogen functional groups attached to an aromatic ring is 1. The number of anilines is 1. The Morgan fingerprint density at radius 2 is 2.16 bits per heavy atom. The smallest absolute Gasteiger partial charge is 0.306 e. The number of nitrogens with two attached hydrogens (primary N) is 1. The van der Waals surface area contributed by atoms with Gasteiger partial charge in [-0.05, 0) is 14.1 Å². The fourth-order valence-electron chi connectivity index (χ4n) is 1.21. The van der Waals surface area contributed by atoms with Gasteiger partial charge in [0.05, 0.1) is 4.92 Å². The zero-order valence-corrected chi connectivity index (χ0v) is 12.0. The Hall–Kier alpha value is -1.27. The minimum Gasteiger partial charge on any atom is -0.310 e. The van der Waals surface area contributed by atoms with Gasteiger partial charge in [-0.2, -0.15) is 0 Å². The minimum absolute atomic E-state index is 0.00187. The van der Waals surface area contributed by atoms with Crippen LogP contribution in [0.15, 0.2) is 10.3 Å². The molecular formula is C8H15N5O4S2. The van der Waals surface area contributed by atoms with Crippen LogP contribution in [-0.4, -0.2) is 45.4 Å². The fraction of sp³-hybridized carbons (Fsp3) is 0.500. The van der Waals surface area contributed by atoms with Crippen molar-refractivity contribution in [1.82, 2.24) is 9.62 Å². The quantitative estimate of drug-likeness (QED) is 0.360. The molecule has 0 saturated heterocycles. The van der Waals surface area contributed by atoms with Crippen LogP contribution in [0.1, 0.15) is 0 Å². The number of nitrogens with one attached hydrogen (secondary N) is 2. The predicted octanol–water partition coefficient (Wildman–Crippen LogP) is -0.218. The van der Waals surface area contributed by atoms with Crippen LogP contribution < -0.4 is 16.0 Å². The number of nitrogens with zero attached hydrogens (tertiary/aromatic N) is 2. The molecule has 0 radical (unpaired) electrons. The maximum Gasteiger partial charge on any atom is 0.306 e. The van der Waals surface area contributed by atoms with Gasteiger partial charge in [0.25, 0.3) is 0 Å². The van der Waals surface area contributed by atoms with Crippen molar-refractivity contribution in [3.63, 3.8) is 0 Å². The summed E-state index contributed by atoms with van der Waals surface area (Å²) < 4.78 is 26.0. The van der Waals surface area contributed by atoms with E-state index in [4.69, 9.17) is 5.84 Å². The van der Waals surface area contributed by atoms with Crippen LogP contribution >= 0.6 is 11.3 Å². The molecule has 1 rings (SSSR count). The highest BCUT2D eigenvalue weighted by molar-refractivity contribution is 7.91. The third-order valence-electron chi connectivity index (χ3n) is 2.13. The minimum atomic E-state index is -3.76. The molecule has 1 aromatic rings. The zero-order chi connectivity index (χ0) is 14.6. The molecule has 0 bridgehead atoms. The second kappa shape index (κ2) is 6.25.